The van der Waals surface area contributed by atoms with Gasteiger partial charge >= 0.3 is 0 Å². The Morgan fingerprint density at radius 3 is 2.41 bits per heavy atom. The largest absolute Gasteiger partial charge is 0.507 e. The van der Waals surface area contributed by atoms with E-state index in [0.29, 0.717) is 0 Å². The molecule has 11 nitrogen and oxygen atoms in total. The molecule has 1 fully saturated rings. The molecule has 3 aromatic carbocycles. The number of ether oxygens (including phenoxy) is 3. The van der Waals surface area contributed by atoms with Gasteiger partial charge in [-0.15, -0.1) is 0 Å². The Kier molecular flexibility index (Phi) is 6.76. The summed E-state index contributed by atoms with van der Waals surface area (Å²) in [6.45, 7) is 2.90. The first-order chi connectivity index (χ1) is 18.4. The van der Waals surface area contributed by atoms with Crippen molar-refractivity contribution in [2.45, 2.75) is 69.4 Å². The lowest BCUT2D eigenvalue weighted by molar-refractivity contribution is -0.249. The summed E-state index contributed by atoms with van der Waals surface area (Å²) in [6.07, 6.45) is -3.86. The van der Waals surface area contributed by atoms with Crippen molar-refractivity contribution in [2.24, 2.45) is 0 Å². The van der Waals surface area contributed by atoms with E-state index in [9.17, 15) is 35.4 Å². The molecule has 3 aromatic rings. The minimum absolute atomic E-state index is 0.0000414. The number of aliphatic hydroxyl groups excluding tert-OH is 1. The Hall–Kier alpha value is -3.35. The van der Waals surface area contributed by atoms with Crippen molar-refractivity contribution in [3.05, 3.63) is 29.3 Å². The van der Waals surface area contributed by atoms with Crippen LogP contribution in [0.3, 0.4) is 0 Å². The average Bonchev–Trinajstić information content (AvgIpc) is 2.90. The van der Waals surface area contributed by atoms with Gasteiger partial charge in [0, 0.05) is 41.8 Å². The molecule has 0 radical (unpaired) electrons. The predicted molar refractivity (Wildman–Crippen MR) is 140 cm³/mol. The molecule has 7 N–H and O–H groups in total. The Balaban J connectivity index is 1.75. The Morgan fingerprint density at radius 1 is 1.08 bits per heavy atom. The summed E-state index contributed by atoms with van der Waals surface area (Å²) in [5.41, 5.74) is -1.90. The number of rotatable bonds is 5. The molecule has 1 heterocycles. The molecule has 1 aliphatic heterocycles. The summed E-state index contributed by atoms with van der Waals surface area (Å²) in [6, 6.07) is 4.33. The number of phenolic OH excluding ortho intramolecular Hbond substituents is 4. The third-order valence-corrected chi connectivity index (χ3v) is 8.16. The number of carbonyl (C=O) groups excluding carboxylic acids is 1. The first kappa shape index (κ1) is 27.2. The van der Waals surface area contributed by atoms with Crippen LogP contribution >= 0.6 is 0 Å². The van der Waals surface area contributed by atoms with Crippen molar-refractivity contribution in [3.63, 3.8) is 0 Å². The smallest absolute Gasteiger partial charge is 0.161 e. The second-order valence-corrected chi connectivity index (χ2v) is 10.4. The number of Topliss-reactive ketones (excluding diaryl/α,β-unsaturated/α-hetero) is 1. The van der Waals surface area contributed by atoms with E-state index in [4.69, 9.17) is 14.2 Å². The van der Waals surface area contributed by atoms with Gasteiger partial charge in [0.25, 0.3) is 0 Å². The van der Waals surface area contributed by atoms with Gasteiger partial charge in [0.1, 0.15) is 34.3 Å². The van der Waals surface area contributed by atoms with Crippen LogP contribution in [-0.4, -0.2) is 80.7 Å². The molecule has 210 valence electrons. The van der Waals surface area contributed by atoms with E-state index in [1.807, 2.05) is 0 Å². The van der Waals surface area contributed by atoms with Crippen molar-refractivity contribution >= 4 is 27.3 Å². The van der Waals surface area contributed by atoms with Crippen LogP contribution in [0.1, 0.15) is 43.9 Å². The fraction of sp³-hybridized carbons (Fsp3) is 0.464. The first-order valence-electron chi connectivity index (χ1n) is 12.7. The van der Waals surface area contributed by atoms with Gasteiger partial charge < -0.3 is 50.2 Å². The van der Waals surface area contributed by atoms with Crippen molar-refractivity contribution in [1.82, 2.24) is 5.32 Å². The van der Waals surface area contributed by atoms with Crippen LogP contribution in [0, 0.1) is 0 Å². The molecule has 2 aliphatic rings. The number of hydrogen-bond acceptors (Lipinski definition) is 11. The lowest BCUT2D eigenvalue weighted by Gasteiger charge is -2.42. The maximum atomic E-state index is 12.6. The summed E-state index contributed by atoms with van der Waals surface area (Å²) in [5, 5.41) is 70.1. The molecule has 39 heavy (non-hydrogen) atoms. The molecule has 1 aliphatic carbocycles. The molecule has 6 atom stereocenters. The molecule has 1 saturated heterocycles. The normalized spacial score (nSPS) is 28.9. The van der Waals surface area contributed by atoms with Crippen LogP contribution in [0.4, 0.5) is 0 Å². The molecular weight excluding hydrogens is 510 g/mol. The lowest BCUT2D eigenvalue weighted by Crippen LogP contribution is -2.53. The number of nitrogens with one attached hydrogen (secondary N) is 1. The third kappa shape index (κ3) is 4.12. The number of ketones is 1. The second kappa shape index (κ2) is 9.68. The van der Waals surface area contributed by atoms with Crippen LogP contribution in [0.25, 0.3) is 21.5 Å². The number of methoxy groups -OCH3 is 1. The highest BCUT2D eigenvalue weighted by atomic mass is 16.7. The fourth-order valence-electron chi connectivity index (χ4n) is 5.95. The quantitative estimate of drug-likeness (QED) is 0.185. The highest BCUT2D eigenvalue weighted by Crippen LogP contribution is 2.57. The van der Waals surface area contributed by atoms with Gasteiger partial charge in [0.2, 0.25) is 0 Å². The molecule has 0 spiro atoms. The number of hydrogen-bond donors (Lipinski definition) is 7. The standard InChI is InChI=1S/C28H33NO10/c1-11-23(31)15(29-3)8-18(38-11)39-17-10-28(36,12(2)30)9-14-20(17)27(35)22-21(25(14)33)24(32)13-6-5-7-16(37-4)19(13)26(22)34/h5-7,11,15,17-18,23,29,31-36H,8-10H2,1-4H3. The average molecular weight is 544 g/mol. The number of carbonyl (C=O) groups is 1. The van der Waals surface area contributed by atoms with E-state index in [2.05, 4.69) is 5.32 Å². The predicted octanol–water partition coefficient (Wildman–Crippen LogP) is 2.23. The van der Waals surface area contributed by atoms with Gasteiger partial charge in [-0.05, 0) is 27.0 Å². The second-order valence-electron chi connectivity index (χ2n) is 10.4. The SMILES string of the molecule is CNC1CC(OC2CC(O)(C(C)=O)Cc3c2c(O)c2c(O)c4c(OC)cccc4c(O)c2c3O)OC(C)C1O. The van der Waals surface area contributed by atoms with Crippen LogP contribution in [0.15, 0.2) is 18.2 Å². The van der Waals surface area contributed by atoms with Gasteiger partial charge in [-0.2, -0.15) is 0 Å². The topological polar surface area (TPSA) is 178 Å². The zero-order valence-corrected chi connectivity index (χ0v) is 22.1. The van der Waals surface area contributed by atoms with Gasteiger partial charge in [-0.3, -0.25) is 4.79 Å². The molecule has 0 amide bonds. The van der Waals surface area contributed by atoms with Crippen molar-refractivity contribution in [3.8, 4) is 28.7 Å². The number of fused-ring (bicyclic) bond motifs is 3. The number of phenols is 4. The van der Waals surface area contributed by atoms with Gasteiger partial charge in [0.15, 0.2) is 12.1 Å². The molecule has 0 bridgehead atoms. The number of benzene rings is 3. The summed E-state index contributed by atoms with van der Waals surface area (Å²) in [4.78, 5) is 12.6. The third-order valence-electron chi connectivity index (χ3n) is 8.16. The van der Waals surface area contributed by atoms with Crippen LogP contribution < -0.4 is 10.1 Å². The molecule has 0 aromatic heterocycles. The van der Waals surface area contributed by atoms with Crippen molar-refractivity contribution in [2.75, 3.05) is 14.2 Å². The minimum atomic E-state index is -1.95. The highest BCUT2D eigenvalue weighted by Gasteiger charge is 2.47. The monoisotopic (exact) mass is 543 g/mol. The highest BCUT2D eigenvalue weighted by molar-refractivity contribution is 6.17. The zero-order chi connectivity index (χ0) is 28.4. The number of aliphatic hydroxyl groups is 2. The molecule has 6 unspecified atom stereocenters. The maximum Gasteiger partial charge on any atom is 0.161 e. The fourth-order valence-corrected chi connectivity index (χ4v) is 5.95. The Morgan fingerprint density at radius 2 is 1.77 bits per heavy atom. The molecule has 11 heteroatoms. The molecule has 0 saturated carbocycles. The first-order valence-corrected chi connectivity index (χ1v) is 12.7. The lowest BCUT2D eigenvalue weighted by atomic mass is 9.74. The van der Waals surface area contributed by atoms with Gasteiger partial charge in [-0.1, -0.05) is 12.1 Å². The van der Waals surface area contributed by atoms with Crippen molar-refractivity contribution in [1.29, 1.82) is 0 Å². The maximum absolute atomic E-state index is 12.6. The van der Waals surface area contributed by atoms with E-state index in [-0.39, 0.29) is 63.7 Å². The summed E-state index contributed by atoms with van der Waals surface area (Å²) in [7, 11) is 3.09. The van der Waals surface area contributed by atoms with E-state index in [0.717, 1.165) is 0 Å². The van der Waals surface area contributed by atoms with Crippen LogP contribution in [0.2, 0.25) is 0 Å². The molecular formula is C28H33NO10. The summed E-state index contributed by atoms with van der Waals surface area (Å²) < 4.78 is 17.4. The zero-order valence-electron chi connectivity index (χ0n) is 22.1. The van der Waals surface area contributed by atoms with Crippen molar-refractivity contribution < 1.29 is 49.6 Å². The molecule has 5 rings (SSSR count). The van der Waals surface area contributed by atoms with Gasteiger partial charge in [-0.25, -0.2) is 0 Å². The number of aromatic hydroxyl groups is 4. The summed E-state index contributed by atoms with van der Waals surface area (Å²) in [5.74, 6) is -2.18. The Labute approximate surface area is 224 Å². The van der Waals surface area contributed by atoms with E-state index in [1.54, 1.807) is 26.1 Å². The van der Waals surface area contributed by atoms with Gasteiger partial charge in [0.05, 0.1) is 41.6 Å². The Bertz CT molecular complexity index is 1470. The number of likely N-dealkylation sites (N-methyl/N-ethyl adjacent to an activating group) is 1. The van der Waals surface area contributed by atoms with E-state index >= 15 is 0 Å². The summed E-state index contributed by atoms with van der Waals surface area (Å²) >= 11 is 0. The van der Waals surface area contributed by atoms with E-state index < -0.39 is 59.0 Å². The van der Waals surface area contributed by atoms with E-state index in [1.165, 1.54) is 20.1 Å². The van der Waals surface area contributed by atoms with Crippen LogP contribution in [-0.2, 0) is 20.7 Å². The minimum Gasteiger partial charge on any atom is -0.507 e. The van der Waals surface area contributed by atoms with Crippen LogP contribution in [0.5, 0.6) is 28.7 Å².